The number of carbonyl (C=O) groups is 2. The molecule has 0 saturated carbocycles. The van der Waals surface area contributed by atoms with E-state index in [1.54, 1.807) is 0 Å². The number of rotatable bonds is 7. The van der Waals surface area contributed by atoms with E-state index in [-0.39, 0.29) is 17.4 Å². The molecule has 1 heterocycles. The van der Waals surface area contributed by atoms with Crippen molar-refractivity contribution in [3.63, 3.8) is 0 Å². The average molecular weight is 474 g/mol. The van der Waals surface area contributed by atoms with E-state index >= 15 is 0 Å². The summed E-state index contributed by atoms with van der Waals surface area (Å²) in [4.78, 5) is 25.5. The number of ketones is 1. The number of carbonyl (C=O) groups excluding carboxylic acids is 2. The van der Waals surface area contributed by atoms with Crippen LogP contribution in [-0.2, 0) is 9.59 Å². The zero-order chi connectivity index (χ0) is 24.1. The normalized spacial score (nSPS) is 17.6. The first kappa shape index (κ1) is 23.7. The van der Waals surface area contributed by atoms with Crippen LogP contribution in [0.5, 0.6) is 5.75 Å². The molecule has 1 atom stereocenters. The highest BCUT2D eigenvalue weighted by atomic mass is 32.2. The van der Waals surface area contributed by atoms with Gasteiger partial charge in [0, 0.05) is 23.4 Å². The van der Waals surface area contributed by atoms with Gasteiger partial charge in [0.15, 0.2) is 5.78 Å². The Kier molecular flexibility index (Phi) is 7.39. The zero-order valence-corrected chi connectivity index (χ0v) is 20.1. The predicted octanol–water partition coefficient (Wildman–Crippen LogP) is 5.19. The van der Waals surface area contributed by atoms with Crippen molar-refractivity contribution in [1.82, 2.24) is 5.32 Å². The van der Waals surface area contributed by atoms with Gasteiger partial charge >= 0.3 is 0 Å². The lowest BCUT2D eigenvalue weighted by atomic mass is 9.77. The average Bonchev–Trinajstić information content (AvgIpc) is 2.83. The minimum Gasteiger partial charge on any atom is -0.494 e. The number of anilines is 1. The van der Waals surface area contributed by atoms with Crippen LogP contribution in [0.3, 0.4) is 0 Å². The third-order valence-electron chi connectivity index (χ3n) is 5.84. The highest BCUT2D eigenvalue weighted by Gasteiger charge is 2.37. The van der Waals surface area contributed by atoms with E-state index < -0.39 is 5.92 Å². The Morgan fingerprint density at radius 3 is 2.74 bits per heavy atom. The van der Waals surface area contributed by atoms with Crippen LogP contribution in [-0.4, -0.2) is 24.1 Å². The van der Waals surface area contributed by atoms with Gasteiger partial charge in [-0.25, -0.2) is 0 Å². The van der Waals surface area contributed by atoms with E-state index in [4.69, 9.17) is 4.74 Å². The molecule has 0 radical (unpaired) electrons. The van der Waals surface area contributed by atoms with Gasteiger partial charge in [0.1, 0.15) is 5.75 Å². The summed E-state index contributed by atoms with van der Waals surface area (Å²) in [6.45, 7) is 4.46. The Morgan fingerprint density at radius 1 is 1.24 bits per heavy atom. The van der Waals surface area contributed by atoms with Gasteiger partial charge in [-0.15, -0.1) is 0 Å². The van der Waals surface area contributed by atoms with Crippen molar-refractivity contribution in [3.05, 3.63) is 81.5 Å². The first-order valence-corrected chi connectivity index (χ1v) is 12.4. The Balaban J connectivity index is 1.60. The van der Waals surface area contributed by atoms with Gasteiger partial charge in [-0.05, 0) is 62.1 Å². The Bertz CT molecular complexity index is 1210. The number of aryl methyl sites for hydroxylation is 1. The summed E-state index contributed by atoms with van der Waals surface area (Å²) in [5.74, 6) is 0.357. The molecule has 1 aliphatic carbocycles. The lowest BCUT2D eigenvalue weighted by molar-refractivity contribution is -0.116. The molecule has 0 fully saturated rings. The topological polar surface area (TPSA) is 91.2 Å². The van der Waals surface area contributed by atoms with E-state index in [1.807, 2.05) is 62.4 Å². The SMILES string of the molecule is CCOc1ccc([C@@H]2C(C#N)=C(SCC(=O)Nc3cccc(C)c3)NC3=C2C(=O)CCC3)cc1. The lowest BCUT2D eigenvalue weighted by Gasteiger charge is -2.33. The van der Waals surface area contributed by atoms with Gasteiger partial charge in [0.25, 0.3) is 0 Å². The van der Waals surface area contributed by atoms with Crippen molar-refractivity contribution >= 4 is 29.1 Å². The molecular formula is C27H27N3O3S. The fraction of sp³-hybridized carbons (Fsp3) is 0.296. The molecule has 174 valence electrons. The number of ether oxygens (including phenoxy) is 1. The predicted molar refractivity (Wildman–Crippen MR) is 134 cm³/mol. The van der Waals surface area contributed by atoms with Crippen LogP contribution >= 0.6 is 11.8 Å². The van der Waals surface area contributed by atoms with E-state index in [2.05, 4.69) is 16.7 Å². The van der Waals surface area contributed by atoms with Crippen molar-refractivity contribution in [3.8, 4) is 11.8 Å². The number of Topliss-reactive ketones (excluding diaryl/α,β-unsaturated/α-hetero) is 1. The van der Waals surface area contributed by atoms with Crippen molar-refractivity contribution < 1.29 is 14.3 Å². The van der Waals surface area contributed by atoms with Gasteiger partial charge in [0.2, 0.25) is 5.91 Å². The first-order chi connectivity index (χ1) is 16.5. The second-order valence-corrected chi connectivity index (χ2v) is 9.28. The Morgan fingerprint density at radius 2 is 2.03 bits per heavy atom. The molecule has 2 N–H and O–H groups in total. The molecule has 0 bridgehead atoms. The molecule has 0 saturated heterocycles. The number of nitriles is 1. The quantitative estimate of drug-likeness (QED) is 0.575. The van der Waals surface area contributed by atoms with Crippen molar-refractivity contribution in [1.29, 1.82) is 5.26 Å². The third-order valence-corrected chi connectivity index (χ3v) is 6.85. The number of amides is 1. The summed E-state index contributed by atoms with van der Waals surface area (Å²) in [5.41, 5.74) is 4.66. The van der Waals surface area contributed by atoms with Crippen LogP contribution in [0, 0.1) is 18.3 Å². The summed E-state index contributed by atoms with van der Waals surface area (Å²) in [5, 5.41) is 17.0. The van der Waals surface area contributed by atoms with Gasteiger partial charge in [-0.1, -0.05) is 36.0 Å². The van der Waals surface area contributed by atoms with Crippen LogP contribution in [0.25, 0.3) is 0 Å². The lowest BCUT2D eigenvalue weighted by Crippen LogP contribution is -2.31. The molecule has 0 unspecified atom stereocenters. The molecule has 2 aromatic carbocycles. The van der Waals surface area contributed by atoms with E-state index in [0.717, 1.165) is 41.1 Å². The standard InChI is InChI=1S/C27H27N3O3S/c1-3-33-20-12-10-18(11-13-20)25-21(15-28)27(30-22-8-5-9-23(31)26(22)25)34-16-24(32)29-19-7-4-6-17(2)14-19/h4,6-7,10-14,25,30H,3,5,8-9,16H2,1-2H3,(H,29,32)/t25-/m1/s1. The second-order valence-electron chi connectivity index (χ2n) is 8.29. The number of nitrogens with one attached hydrogen (secondary N) is 2. The van der Waals surface area contributed by atoms with E-state index in [0.29, 0.717) is 29.2 Å². The molecule has 2 aromatic rings. The maximum atomic E-state index is 12.9. The van der Waals surface area contributed by atoms with Gasteiger partial charge in [0.05, 0.1) is 34.9 Å². The number of allylic oxidation sites excluding steroid dienone is 3. The maximum Gasteiger partial charge on any atom is 0.234 e. The zero-order valence-electron chi connectivity index (χ0n) is 19.3. The first-order valence-electron chi connectivity index (χ1n) is 11.4. The molecule has 34 heavy (non-hydrogen) atoms. The van der Waals surface area contributed by atoms with Crippen molar-refractivity contribution in [2.24, 2.45) is 0 Å². The molecule has 7 heteroatoms. The Labute approximate surface area is 204 Å². The molecule has 1 aliphatic heterocycles. The second kappa shape index (κ2) is 10.6. The summed E-state index contributed by atoms with van der Waals surface area (Å²) < 4.78 is 5.55. The number of benzene rings is 2. The van der Waals surface area contributed by atoms with Gasteiger partial charge < -0.3 is 15.4 Å². The van der Waals surface area contributed by atoms with Crippen LogP contribution < -0.4 is 15.4 Å². The van der Waals surface area contributed by atoms with Crippen LogP contribution in [0.1, 0.15) is 43.2 Å². The summed E-state index contributed by atoms with van der Waals surface area (Å²) >= 11 is 1.29. The molecular weight excluding hydrogens is 446 g/mol. The Hall–Kier alpha value is -3.50. The summed E-state index contributed by atoms with van der Waals surface area (Å²) in [7, 11) is 0. The van der Waals surface area contributed by atoms with E-state index in [1.165, 1.54) is 11.8 Å². The van der Waals surface area contributed by atoms with Crippen molar-refractivity contribution in [2.75, 3.05) is 17.7 Å². The highest BCUT2D eigenvalue weighted by molar-refractivity contribution is 8.03. The molecule has 0 spiro atoms. The molecule has 2 aliphatic rings. The minimum atomic E-state index is -0.452. The maximum absolute atomic E-state index is 12.9. The largest absolute Gasteiger partial charge is 0.494 e. The third kappa shape index (κ3) is 5.18. The summed E-state index contributed by atoms with van der Waals surface area (Å²) in [6, 6.07) is 17.5. The molecule has 6 nitrogen and oxygen atoms in total. The monoisotopic (exact) mass is 473 g/mol. The van der Waals surface area contributed by atoms with Crippen molar-refractivity contribution in [2.45, 2.75) is 39.0 Å². The fourth-order valence-electron chi connectivity index (χ4n) is 4.35. The van der Waals surface area contributed by atoms with Crippen LogP contribution in [0.15, 0.2) is 70.4 Å². The van der Waals surface area contributed by atoms with Gasteiger partial charge in [-0.3, -0.25) is 9.59 Å². The number of hydrogen-bond acceptors (Lipinski definition) is 6. The molecule has 0 aromatic heterocycles. The van der Waals surface area contributed by atoms with Crippen LogP contribution in [0.4, 0.5) is 5.69 Å². The van der Waals surface area contributed by atoms with E-state index in [9.17, 15) is 14.9 Å². The smallest absolute Gasteiger partial charge is 0.234 e. The van der Waals surface area contributed by atoms with Crippen LogP contribution in [0.2, 0.25) is 0 Å². The number of hydrogen-bond donors (Lipinski definition) is 2. The highest BCUT2D eigenvalue weighted by Crippen LogP contribution is 2.44. The summed E-state index contributed by atoms with van der Waals surface area (Å²) in [6.07, 6.45) is 2.00. The molecule has 4 rings (SSSR count). The number of dihydropyridines is 1. The fourth-order valence-corrected chi connectivity index (χ4v) is 5.21. The number of nitrogens with zero attached hydrogens (tertiary/aromatic N) is 1. The number of thioether (sulfide) groups is 1. The molecule has 1 amide bonds. The minimum absolute atomic E-state index is 0.0709. The van der Waals surface area contributed by atoms with Gasteiger partial charge in [-0.2, -0.15) is 5.26 Å².